The molecule has 0 unspecified atom stereocenters. The van der Waals surface area contributed by atoms with E-state index < -0.39 is 0 Å². The summed E-state index contributed by atoms with van der Waals surface area (Å²) in [5.74, 6) is 2.49. The van der Waals surface area contributed by atoms with Crippen LogP contribution in [0.15, 0.2) is 18.2 Å². The molecular formula is C14H17N3O2S. The highest BCUT2D eigenvalue weighted by Gasteiger charge is 2.20. The molecular weight excluding hydrogens is 274 g/mol. The van der Waals surface area contributed by atoms with Crippen molar-refractivity contribution in [3.8, 4) is 11.5 Å². The van der Waals surface area contributed by atoms with Crippen molar-refractivity contribution < 1.29 is 9.47 Å². The summed E-state index contributed by atoms with van der Waals surface area (Å²) in [6.45, 7) is 7.25. The summed E-state index contributed by atoms with van der Waals surface area (Å²) >= 11 is 1.38. The molecule has 0 spiro atoms. The van der Waals surface area contributed by atoms with Crippen LogP contribution < -0.4 is 14.8 Å². The molecule has 6 heteroatoms. The molecule has 0 radical (unpaired) electrons. The zero-order valence-corrected chi connectivity index (χ0v) is 12.6. The quantitative estimate of drug-likeness (QED) is 0.941. The smallest absolute Gasteiger partial charge is 0.231 e. The van der Waals surface area contributed by atoms with E-state index in [0.29, 0.717) is 13.3 Å². The van der Waals surface area contributed by atoms with Gasteiger partial charge in [-0.1, -0.05) is 32.9 Å². The molecule has 0 saturated heterocycles. The molecule has 5 nitrogen and oxygen atoms in total. The summed E-state index contributed by atoms with van der Waals surface area (Å²) in [4.78, 5) is 4.51. The van der Waals surface area contributed by atoms with Crippen molar-refractivity contribution in [1.29, 1.82) is 0 Å². The summed E-state index contributed by atoms with van der Waals surface area (Å²) < 4.78 is 15.2. The lowest BCUT2D eigenvalue weighted by molar-refractivity contribution is 0.173. The molecule has 0 amide bonds. The number of para-hydroxylation sites is 1. The number of anilines is 1. The van der Waals surface area contributed by atoms with Crippen LogP contribution in [0.3, 0.4) is 0 Å². The first-order valence-electron chi connectivity index (χ1n) is 6.49. The van der Waals surface area contributed by atoms with E-state index in [0.717, 1.165) is 28.0 Å². The van der Waals surface area contributed by atoms with Gasteiger partial charge in [-0.05, 0) is 6.07 Å². The van der Waals surface area contributed by atoms with Gasteiger partial charge in [0.2, 0.25) is 11.9 Å². The Bertz CT molecular complexity index is 619. The van der Waals surface area contributed by atoms with Crippen molar-refractivity contribution in [1.82, 2.24) is 9.36 Å². The molecule has 0 aliphatic carbocycles. The Hall–Kier alpha value is -1.82. The van der Waals surface area contributed by atoms with E-state index >= 15 is 0 Å². The van der Waals surface area contributed by atoms with Crippen molar-refractivity contribution in [2.24, 2.45) is 0 Å². The first kappa shape index (κ1) is 13.2. The zero-order valence-electron chi connectivity index (χ0n) is 11.8. The predicted molar refractivity (Wildman–Crippen MR) is 78.5 cm³/mol. The van der Waals surface area contributed by atoms with Crippen LogP contribution in [-0.2, 0) is 12.0 Å². The van der Waals surface area contributed by atoms with E-state index in [9.17, 15) is 0 Å². The molecule has 1 aromatic heterocycles. The number of hydrogen-bond acceptors (Lipinski definition) is 6. The third-order valence-corrected chi connectivity index (χ3v) is 3.68. The van der Waals surface area contributed by atoms with Crippen molar-refractivity contribution in [3.05, 3.63) is 29.6 Å². The molecule has 1 aliphatic heterocycles. The molecule has 2 aromatic rings. The molecule has 0 fully saturated rings. The topological polar surface area (TPSA) is 56.3 Å². The molecule has 0 saturated carbocycles. The number of rotatable bonds is 3. The number of benzene rings is 1. The minimum atomic E-state index is -0.0264. The Morgan fingerprint density at radius 2 is 2.15 bits per heavy atom. The molecule has 3 rings (SSSR count). The Balaban J connectivity index is 1.71. The highest BCUT2D eigenvalue weighted by atomic mass is 32.1. The maximum absolute atomic E-state index is 5.48. The van der Waals surface area contributed by atoms with E-state index in [4.69, 9.17) is 9.47 Å². The highest BCUT2D eigenvalue weighted by Crippen LogP contribution is 2.35. The summed E-state index contributed by atoms with van der Waals surface area (Å²) in [6.07, 6.45) is 0. The van der Waals surface area contributed by atoms with E-state index in [1.807, 2.05) is 18.2 Å². The van der Waals surface area contributed by atoms with Crippen LogP contribution in [0, 0.1) is 0 Å². The van der Waals surface area contributed by atoms with Crippen LogP contribution in [0.1, 0.15) is 32.2 Å². The van der Waals surface area contributed by atoms with Gasteiger partial charge in [-0.3, -0.25) is 0 Å². The van der Waals surface area contributed by atoms with Gasteiger partial charge in [0.1, 0.15) is 5.82 Å². The van der Waals surface area contributed by atoms with Crippen molar-refractivity contribution in [2.75, 3.05) is 12.1 Å². The zero-order chi connectivity index (χ0) is 14.2. The van der Waals surface area contributed by atoms with Crippen molar-refractivity contribution in [3.63, 3.8) is 0 Å². The fourth-order valence-corrected chi connectivity index (χ4v) is 2.65. The van der Waals surface area contributed by atoms with Crippen LogP contribution in [0.4, 0.5) is 5.13 Å². The van der Waals surface area contributed by atoms with Gasteiger partial charge in [0, 0.05) is 29.1 Å². The standard InChI is InChI=1S/C14H17N3O2S/c1-14(2,3)12-16-13(20-17-12)15-7-9-5-4-6-10-11(9)19-8-18-10/h4-6H,7-8H2,1-3H3,(H,15,16,17). The molecule has 0 atom stereocenters. The van der Waals surface area contributed by atoms with Gasteiger partial charge in [0.25, 0.3) is 0 Å². The fourth-order valence-electron chi connectivity index (χ4n) is 1.90. The van der Waals surface area contributed by atoms with Gasteiger partial charge in [-0.15, -0.1) is 0 Å². The minimum Gasteiger partial charge on any atom is -0.454 e. The first-order valence-corrected chi connectivity index (χ1v) is 7.27. The SMILES string of the molecule is CC(C)(C)c1nsc(NCc2cccc3c2OCO3)n1. The van der Waals surface area contributed by atoms with Crippen molar-refractivity contribution >= 4 is 16.7 Å². The number of aromatic nitrogens is 2. The van der Waals surface area contributed by atoms with Crippen LogP contribution in [0.2, 0.25) is 0 Å². The van der Waals surface area contributed by atoms with E-state index in [2.05, 4.69) is 35.4 Å². The van der Waals surface area contributed by atoms with Crippen LogP contribution in [0.25, 0.3) is 0 Å². The minimum absolute atomic E-state index is 0.0264. The Labute approximate surface area is 122 Å². The van der Waals surface area contributed by atoms with E-state index in [1.165, 1.54) is 11.5 Å². The molecule has 0 bridgehead atoms. The van der Waals surface area contributed by atoms with E-state index in [1.54, 1.807) is 0 Å². The highest BCUT2D eigenvalue weighted by molar-refractivity contribution is 7.09. The summed E-state index contributed by atoms with van der Waals surface area (Å²) in [7, 11) is 0. The van der Waals surface area contributed by atoms with Crippen LogP contribution >= 0.6 is 11.5 Å². The summed E-state index contributed by atoms with van der Waals surface area (Å²) in [5, 5.41) is 4.12. The second-order valence-corrected chi connectivity index (χ2v) is 6.43. The average molecular weight is 291 g/mol. The Morgan fingerprint density at radius 3 is 2.90 bits per heavy atom. The molecule has 2 heterocycles. The molecule has 1 N–H and O–H groups in total. The van der Waals surface area contributed by atoms with Crippen molar-refractivity contribution in [2.45, 2.75) is 32.7 Å². The van der Waals surface area contributed by atoms with Crippen LogP contribution in [0.5, 0.6) is 11.5 Å². The Morgan fingerprint density at radius 1 is 1.30 bits per heavy atom. The van der Waals surface area contributed by atoms with Gasteiger partial charge in [-0.2, -0.15) is 4.37 Å². The summed E-state index contributed by atoms with van der Waals surface area (Å²) in [6, 6.07) is 5.89. The van der Waals surface area contributed by atoms with Gasteiger partial charge in [0.05, 0.1) is 0 Å². The second-order valence-electron chi connectivity index (χ2n) is 5.68. The number of hydrogen-bond donors (Lipinski definition) is 1. The van der Waals surface area contributed by atoms with Gasteiger partial charge >= 0.3 is 0 Å². The average Bonchev–Trinajstić information content (AvgIpc) is 3.04. The van der Waals surface area contributed by atoms with Gasteiger partial charge < -0.3 is 14.8 Å². The lowest BCUT2D eigenvalue weighted by Gasteiger charge is -2.12. The fraction of sp³-hybridized carbons (Fsp3) is 0.429. The van der Waals surface area contributed by atoms with E-state index in [-0.39, 0.29) is 5.41 Å². The largest absolute Gasteiger partial charge is 0.454 e. The Kier molecular flexibility index (Phi) is 3.25. The lowest BCUT2D eigenvalue weighted by Crippen LogP contribution is -2.13. The van der Waals surface area contributed by atoms with Gasteiger partial charge in [0.15, 0.2) is 11.5 Å². The number of ether oxygens (including phenoxy) is 2. The number of fused-ring (bicyclic) bond motifs is 1. The normalized spacial score (nSPS) is 13.6. The maximum Gasteiger partial charge on any atom is 0.231 e. The lowest BCUT2D eigenvalue weighted by atomic mass is 9.96. The number of nitrogens with one attached hydrogen (secondary N) is 1. The monoisotopic (exact) mass is 291 g/mol. The molecule has 1 aliphatic rings. The predicted octanol–water partition coefficient (Wildman–Crippen LogP) is 3.18. The molecule has 20 heavy (non-hydrogen) atoms. The van der Waals surface area contributed by atoms with Gasteiger partial charge in [-0.25, -0.2) is 4.98 Å². The second kappa shape index (κ2) is 4.94. The summed E-state index contributed by atoms with van der Waals surface area (Å²) in [5.41, 5.74) is 1.04. The third-order valence-electron chi connectivity index (χ3n) is 3.01. The van der Waals surface area contributed by atoms with Crippen LogP contribution in [-0.4, -0.2) is 16.2 Å². The molecule has 1 aromatic carbocycles. The first-order chi connectivity index (χ1) is 9.54. The molecule has 106 valence electrons. The maximum atomic E-state index is 5.48. The third kappa shape index (κ3) is 2.56. The number of nitrogens with zero attached hydrogens (tertiary/aromatic N) is 2.